The molecule has 0 radical (unpaired) electrons. The van der Waals surface area contributed by atoms with Crippen LogP contribution in [0.2, 0.25) is 0 Å². The van der Waals surface area contributed by atoms with Crippen LogP contribution in [0.25, 0.3) is 0 Å². The van der Waals surface area contributed by atoms with Gasteiger partial charge in [0.25, 0.3) is 0 Å². The van der Waals surface area contributed by atoms with Crippen LogP contribution in [-0.2, 0) is 4.79 Å². The van der Waals surface area contributed by atoms with Gasteiger partial charge in [-0.2, -0.15) is 0 Å². The van der Waals surface area contributed by atoms with Crippen molar-refractivity contribution < 1.29 is 20.1 Å². The van der Waals surface area contributed by atoms with Gasteiger partial charge in [0.15, 0.2) is 5.79 Å². The van der Waals surface area contributed by atoms with Crippen molar-refractivity contribution in [2.75, 3.05) is 0 Å². The third kappa shape index (κ3) is 2.03. The van der Waals surface area contributed by atoms with Crippen molar-refractivity contribution in [1.29, 1.82) is 0 Å². The predicted octanol–water partition coefficient (Wildman–Crippen LogP) is -0.138. The summed E-state index contributed by atoms with van der Waals surface area (Å²) in [7, 11) is 0. The SMILES string of the molecule is O=C(O)C1=CCCC(O)(O)C1. The average molecular weight is 158 g/mol. The number of rotatable bonds is 1. The van der Waals surface area contributed by atoms with Crippen molar-refractivity contribution in [3.63, 3.8) is 0 Å². The molecule has 0 aromatic rings. The standard InChI is InChI=1S/C7H10O4/c8-6(9)5-2-1-3-7(10,11)4-5/h2,10-11H,1,3-4H2,(H,8,9). The molecule has 1 aliphatic rings. The molecule has 0 aromatic carbocycles. The summed E-state index contributed by atoms with van der Waals surface area (Å²) >= 11 is 0. The van der Waals surface area contributed by atoms with Crippen LogP contribution in [0.4, 0.5) is 0 Å². The normalized spacial score (nSPS) is 22.5. The summed E-state index contributed by atoms with van der Waals surface area (Å²) in [5, 5.41) is 26.6. The Kier molecular flexibility index (Phi) is 1.97. The summed E-state index contributed by atoms with van der Waals surface area (Å²) < 4.78 is 0. The molecule has 0 atom stereocenters. The molecule has 0 heterocycles. The maximum Gasteiger partial charge on any atom is 0.331 e. The fourth-order valence-corrected chi connectivity index (χ4v) is 1.11. The van der Waals surface area contributed by atoms with Crippen LogP contribution in [0.1, 0.15) is 19.3 Å². The van der Waals surface area contributed by atoms with E-state index in [0.29, 0.717) is 6.42 Å². The second-order valence-corrected chi connectivity index (χ2v) is 2.73. The fourth-order valence-electron chi connectivity index (χ4n) is 1.11. The van der Waals surface area contributed by atoms with E-state index in [2.05, 4.69) is 0 Å². The number of carboxylic acids is 1. The van der Waals surface area contributed by atoms with Gasteiger partial charge >= 0.3 is 5.97 Å². The lowest BCUT2D eigenvalue weighted by atomic mass is 9.94. The van der Waals surface area contributed by atoms with Crippen molar-refractivity contribution in [3.8, 4) is 0 Å². The van der Waals surface area contributed by atoms with Crippen molar-refractivity contribution in [3.05, 3.63) is 11.6 Å². The van der Waals surface area contributed by atoms with E-state index in [1.54, 1.807) is 0 Å². The monoisotopic (exact) mass is 158 g/mol. The molecule has 0 fully saturated rings. The largest absolute Gasteiger partial charge is 0.478 e. The number of aliphatic hydroxyl groups is 2. The Morgan fingerprint density at radius 3 is 2.55 bits per heavy atom. The molecule has 11 heavy (non-hydrogen) atoms. The molecule has 0 aromatic heterocycles. The maximum absolute atomic E-state index is 10.4. The lowest BCUT2D eigenvalue weighted by Crippen LogP contribution is -2.32. The van der Waals surface area contributed by atoms with E-state index in [9.17, 15) is 4.79 Å². The molecule has 0 aliphatic heterocycles. The topological polar surface area (TPSA) is 77.8 Å². The van der Waals surface area contributed by atoms with Crippen LogP contribution < -0.4 is 0 Å². The van der Waals surface area contributed by atoms with Gasteiger partial charge in [-0.25, -0.2) is 4.79 Å². The molecule has 1 aliphatic carbocycles. The van der Waals surface area contributed by atoms with Gasteiger partial charge in [-0.3, -0.25) is 0 Å². The Bertz CT molecular complexity index is 204. The number of aliphatic carboxylic acids is 1. The molecule has 0 bridgehead atoms. The molecule has 0 saturated carbocycles. The van der Waals surface area contributed by atoms with Crippen molar-refractivity contribution in [1.82, 2.24) is 0 Å². The number of allylic oxidation sites excluding steroid dienone is 1. The number of carbonyl (C=O) groups is 1. The molecule has 4 heteroatoms. The highest BCUT2D eigenvalue weighted by Gasteiger charge is 2.29. The smallest absolute Gasteiger partial charge is 0.331 e. The summed E-state index contributed by atoms with van der Waals surface area (Å²) in [5.41, 5.74) is 0.0845. The third-order valence-electron chi connectivity index (χ3n) is 1.68. The van der Waals surface area contributed by atoms with E-state index in [4.69, 9.17) is 15.3 Å². The Balaban J connectivity index is 2.71. The predicted molar refractivity (Wildman–Crippen MR) is 36.7 cm³/mol. The number of hydrogen-bond donors (Lipinski definition) is 3. The summed E-state index contributed by atoms with van der Waals surface area (Å²) in [6.07, 6.45) is 1.97. The summed E-state index contributed by atoms with van der Waals surface area (Å²) in [4.78, 5) is 10.4. The van der Waals surface area contributed by atoms with Crippen LogP contribution in [0, 0.1) is 0 Å². The van der Waals surface area contributed by atoms with E-state index in [1.807, 2.05) is 0 Å². The second-order valence-electron chi connectivity index (χ2n) is 2.73. The van der Waals surface area contributed by atoms with Crippen LogP contribution in [0.5, 0.6) is 0 Å². The van der Waals surface area contributed by atoms with Gasteiger partial charge in [0.05, 0.1) is 0 Å². The molecule has 0 amide bonds. The molecule has 0 saturated heterocycles. The van der Waals surface area contributed by atoms with E-state index < -0.39 is 11.8 Å². The van der Waals surface area contributed by atoms with Crippen LogP contribution in [0.15, 0.2) is 11.6 Å². The lowest BCUT2D eigenvalue weighted by molar-refractivity contribution is -0.169. The number of carboxylic acid groups (broad SMARTS) is 1. The summed E-state index contributed by atoms with van der Waals surface area (Å²) in [6, 6.07) is 0. The van der Waals surface area contributed by atoms with E-state index in [-0.39, 0.29) is 18.4 Å². The van der Waals surface area contributed by atoms with Gasteiger partial charge in [0.2, 0.25) is 0 Å². The van der Waals surface area contributed by atoms with Crippen LogP contribution in [0.3, 0.4) is 0 Å². The van der Waals surface area contributed by atoms with Gasteiger partial charge in [-0.15, -0.1) is 0 Å². The third-order valence-corrected chi connectivity index (χ3v) is 1.68. The first-order valence-corrected chi connectivity index (χ1v) is 3.38. The van der Waals surface area contributed by atoms with Gasteiger partial charge in [-0.1, -0.05) is 6.08 Å². The zero-order valence-corrected chi connectivity index (χ0v) is 5.95. The Morgan fingerprint density at radius 2 is 2.18 bits per heavy atom. The Morgan fingerprint density at radius 1 is 1.55 bits per heavy atom. The van der Waals surface area contributed by atoms with E-state index >= 15 is 0 Å². The maximum atomic E-state index is 10.4. The minimum absolute atomic E-state index is 0.0845. The summed E-state index contributed by atoms with van der Waals surface area (Å²) in [6.45, 7) is 0. The molecular weight excluding hydrogens is 148 g/mol. The number of hydrogen-bond acceptors (Lipinski definition) is 3. The van der Waals surface area contributed by atoms with Crippen molar-refractivity contribution in [2.45, 2.75) is 25.0 Å². The van der Waals surface area contributed by atoms with Crippen LogP contribution >= 0.6 is 0 Å². The van der Waals surface area contributed by atoms with Gasteiger partial charge in [0, 0.05) is 18.4 Å². The molecule has 1 rings (SSSR count). The summed E-state index contributed by atoms with van der Waals surface area (Å²) in [5.74, 6) is -2.89. The Hall–Kier alpha value is -0.870. The highest BCUT2D eigenvalue weighted by molar-refractivity contribution is 5.86. The van der Waals surface area contributed by atoms with Gasteiger partial charge in [-0.05, 0) is 6.42 Å². The first-order valence-electron chi connectivity index (χ1n) is 3.38. The van der Waals surface area contributed by atoms with Crippen molar-refractivity contribution in [2.24, 2.45) is 0 Å². The minimum Gasteiger partial charge on any atom is -0.478 e. The van der Waals surface area contributed by atoms with Crippen molar-refractivity contribution >= 4 is 5.97 Å². The highest BCUT2D eigenvalue weighted by atomic mass is 16.5. The quantitative estimate of drug-likeness (QED) is 0.464. The lowest BCUT2D eigenvalue weighted by Gasteiger charge is -2.24. The van der Waals surface area contributed by atoms with Gasteiger partial charge in [0.1, 0.15) is 0 Å². The molecule has 0 spiro atoms. The molecular formula is C7H10O4. The average Bonchev–Trinajstić information content (AvgIpc) is 1.85. The fraction of sp³-hybridized carbons (Fsp3) is 0.571. The zero-order valence-electron chi connectivity index (χ0n) is 5.95. The van der Waals surface area contributed by atoms with Crippen LogP contribution in [-0.4, -0.2) is 27.1 Å². The zero-order chi connectivity index (χ0) is 8.48. The molecule has 4 nitrogen and oxygen atoms in total. The first kappa shape index (κ1) is 8.23. The molecule has 0 unspecified atom stereocenters. The van der Waals surface area contributed by atoms with E-state index in [1.165, 1.54) is 6.08 Å². The second kappa shape index (κ2) is 2.64. The molecule has 3 N–H and O–H groups in total. The minimum atomic E-state index is -1.82. The Labute approximate surface area is 63.8 Å². The van der Waals surface area contributed by atoms with E-state index in [0.717, 1.165) is 0 Å². The first-order chi connectivity index (χ1) is 5.01. The molecule has 62 valence electrons. The highest BCUT2D eigenvalue weighted by Crippen LogP contribution is 2.25. The van der Waals surface area contributed by atoms with Gasteiger partial charge < -0.3 is 15.3 Å².